The molecule has 4 aromatic rings. The number of amides is 2. The third-order valence-corrected chi connectivity index (χ3v) is 6.85. The SMILES string of the molecule is CC(C)Cn1ccc2c(OCC(=O)NC[C@@H](CN3Cc4ccccc4C3=O)c3ccccc3)cccc21. The highest BCUT2D eigenvalue weighted by Gasteiger charge is 2.29. The third kappa shape index (κ3) is 5.53. The van der Waals surface area contributed by atoms with Crippen LogP contribution in [0.25, 0.3) is 10.9 Å². The molecule has 2 amide bonds. The number of carbonyl (C=O) groups excluding carboxylic acids is 2. The highest BCUT2D eigenvalue weighted by molar-refractivity contribution is 5.98. The predicted molar refractivity (Wildman–Crippen MR) is 146 cm³/mol. The molecular weight excluding hydrogens is 462 g/mol. The van der Waals surface area contributed by atoms with Gasteiger partial charge in [-0.25, -0.2) is 0 Å². The number of aromatic nitrogens is 1. The Morgan fingerprint density at radius 2 is 1.73 bits per heavy atom. The Morgan fingerprint density at radius 3 is 2.51 bits per heavy atom. The largest absolute Gasteiger partial charge is 0.483 e. The molecule has 0 unspecified atom stereocenters. The van der Waals surface area contributed by atoms with E-state index in [1.807, 2.05) is 77.7 Å². The molecule has 1 N–H and O–H groups in total. The van der Waals surface area contributed by atoms with Crippen LogP contribution < -0.4 is 10.1 Å². The number of nitrogens with zero attached hydrogens (tertiary/aromatic N) is 2. The van der Waals surface area contributed by atoms with Crippen molar-refractivity contribution in [2.75, 3.05) is 19.7 Å². The zero-order valence-electron chi connectivity index (χ0n) is 21.4. The van der Waals surface area contributed by atoms with E-state index >= 15 is 0 Å². The van der Waals surface area contributed by atoms with Crippen LogP contribution in [0.15, 0.2) is 85.1 Å². The normalized spacial score (nSPS) is 13.7. The molecule has 2 heterocycles. The average Bonchev–Trinajstić information content (AvgIpc) is 3.46. The van der Waals surface area contributed by atoms with Crippen LogP contribution in [-0.2, 0) is 17.9 Å². The number of fused-ring (bicyclic) bond motifs is 2. The van der Waals surface area contributed by atoms with Gasteiger partial charge in [-0.2, -0.15) is 0 Å². The molecule has 6 heteroatoms. The Hall–Kier alpha value is -4.06. The first kappa shape index (κ1) is 24.6. The van der Waals surface area contributed by atoms with Crippen LogP contribution in [0.5, 0.6) is 5.75 Å². The lowest BCUT2D eigenvalue weighted by atomic mass is 9.98. The molecule has 5 rings (SSSR count). The second-order valence-electron chi connectivity index (χ2n) is 10.1. The number of ether oxygens (including phenoxy) is 1. The second-order valence-corrected chi connectivity index (χ2v) is 10.1. The number of hydrogen-bond acceptors (Lipinski definition) is 3. The Bertz CT molecular complexity index is 1390. The van der Waals surface area contributed by atoms with Gasteiger partial charge in [0.1, 0.15) is 5.75 Å². The Balaban J connectivity index is 1.22. The zero-order chi connectivity index (χ0) is 25.8. The van der Waals surface area contributed by atoms with Crippen LogP contribution >= 0.6 is 0 Å². The summed E-state index contributed by atoms with van der Waals surface area (Å²) in [6.07, 6.45) is 2.07. The predicted octanol–water partition coefficient (Wildman–Crippen LogP) is 5.23. The monoisotopic (exact) mass is 495 g/mol. The molecule has 190 valence electrons. The average molecular weight is 496 g/mol. The fraction of sp³-hybridized carbons (Fsp3) is 0.290. The minimum atomic E-state index is -0.185. The summed E-state index contributed by atoms with van der Waals surface area (Å²) in [5.74, 6) is 1.07. The van der Waals surface area contributed by atoms with Crippen LogP contribution in [-0.4, -0.2) is 41.0 Å². The van der Waals surface area contributed by atoms with Crippen molar-refractivity contribution in [3.8, 4) is 5.75 Å². The fourth-order valence-corrected chi connectivity index (χ4v) is 5.05. The molecule has 0 saturated heterocycles. The summed E-state index contributed by atoms with van der Waals surface area (Å²) in [4.78, 5) is 27.6. The Kier molecular flexibility index (Phi) is 7.26. The van der Waals surface area contributed by atoms with Crippen molar-refractivity contribution in [2.24, 2.45) is 5.92 Å². The quantitative estimate of drug-likeness (QED) is 0.328. The third-order valence-electron chi connectivity index (χ3n) is 6.85. The summed E-state index contributed by atoms with van der Waals surface area (Å²) in [7, 11) is 0. The van der Waals surface area contributed by atoms with Gasteiger partial charge in [-0.1, -0.05) is 68.4 Å². The molecule has 1 aliphatic heterocycles. The molecule has 0 fully saturated rings. The van der Waals surface area contributed by atoms with E-state index < -0.39 is 0 Å². The van der Waals surface area contributed by atoms with E-state index in [-0.39, 0.29) is 24.3 Å². The van der Waals surface area contributed by atoms with E-state index in [0.29, 0.717) is 31.3 Å². The molecule has 6 nitrogen and oxygen atoms in total. The number of hydrogen-bond donors (Lipinski definition) is 1. The topological polar surface area (TPSA) is 63.6 Å². The number of rotatable bonds is 10. The van der Waals surface area contributed by atoms with Gasteiger partial charge in [0, 0.05) is 49.2 Å². The second kappa shape index (κ2) is 10.9. The van der Waals surface area contributed by atoms with Gasteiger partial charge in [-0.15, -0.1) is 0 Å². The molecule has 0 saturated carbocycles. The minimum Gasteiger partial charge on any atom is -0.483 e. The maximum absolute atomic E-state index is 12.9. The molecule has 3 aromatic carbocycles. The van der Waals surface area contributed by atoms with E-state index in [2.05, 4.69) is 36.0 Å². The lowest BCUT2D eigenvalue weighted by Crippen LogP contribution is -2.37. The van der Waals surface area contributed by atoms with Crippen molar-refractivity contribution in [3.63, 3.8) is 0 Å². The first-order chi connectivity index (χ1) is 18.0. The number of benzene rings is 3. The first-order valence-electron chi connectivity index (χ1n) is 12.9. The molecule has 37 heavy (non-hydrogen) atoms. The van der Waals surface area contributed by atoms with Crippen molar-refractivity contribution in [1.29, 1.82) is 0 Å². The summed E-state index contributed by atoms with van der Waals surface area (Å²) in [5.41, 5.74) is 4.01. The fourth-order valence-electron chi connectivity index (χ4n) is 5.05. The van der Waals surface area contributed by atoms with Gasteiger partial charge in [0.25, 0.3) is 11.8 Å². The minimum absolute atomic E-state index is 0.0306. The summed E-state index contributed by atoms with van der Waals surface area (Å²) < 4.78 is 8.16. The summed E-state index contributed by atoms with van der Waals surface area (Å²) in [5, 5.41) is 4.04. The molecule has 0 spiro atoms. The van der Waals surface area contributed by atoms with Crippen LogP contribution in [0.2, 0.25) is 0 Å². The van der Waals surface area contributed by atoms with E-state index in [1.165, 1.54) is 0 Å². The maximum atomic E-state index is 12.9. The highest BCUT2D eigenvalue weighted by atomic mass is 16.5. The summed E-state index contributed by atoms with van der Waals surface area (Å²) in [6.45, 7) is 6.79. The molecule has 1 aliphatic rings. The van der Waals surface area contributed by atoms with Gasteiger partial charge in [0.05, 0.1) is 5.52 Å². The van der Waals surface area contributed by atoms with Crippen molar-refractivity contribution < 1.29 is 14.3 Å². The summed E-state index contributed by atoms with van der Waals surface area (Å²) >= 11 is 0. The van der Waals surface area contributed by atoms with Gasteiger partial charge in [-0.05, 0) is 41.3 Å². The van der Waals surface area contributed by atoms with Crippen LogP contribution in [0.4, 0.5) is 0 Å². The van der Waals surface area contributed by atoms with Gasteiger partial charge < -0.3 is 19.5 Å². The molecule has 1 atom stereocenters. The van der Waals surface area contributed by atoms with E-state index in [0.717, 1.165) is 34.1 Å². The van der Waals surface area contributed by atoms with Gasteiger partial charge in [0.15, 0.2) is 6.61 Å². The molecule has 0 radical (unpaired) electrons. The van der Waals surface area contributed by atoms with Crippen LogP contribution in [0.1, 0.15) is 41.3 Å². The van der Waals surface area contributed by atoms with E-state index in [9.17, 15) is 9.59 Å². The van der Waals surface area contributed by atoms with Gasteiger partial charge >= 0.3 is 0 Å². The van der Waals surface area contributed by atoms with Crippen molar-refractivity contribution in [3.05, 3.63) is 102 Å². The van der Waals surface area contributed by atoms with Crippen molar-refractivity contribution in [2.45, 2.75) is 32.9 Å². The standard InChI is InChI=1S/C31H33N3O3/c1-22(2)18-33-16-15-27-28(33)13-8-14-29(27)37-21-30(35)32-17-25(23-9-4-3-5-10-23)20-34-19-24-11-6-7-12-26(24)31(34)36/h3-16,22,25H,17-21H2,1-2H3,(H,32,35)/t25-/m0/s1. The van der Waals surface area contributed by atoms with Gasteiger partial charge in [0.2, 0.25) is 0 Å². The first-order valence-corrected chi connectivity index (χ1v) is 12.9. The van der Waals surface area contributed by atoms with Crippen molar-refractivity contribution >= 4 is 22.7 Å². The van der Waals surface area contributed by atoms with E-state index in [1.54, 1.807) is 0 Å². The summed E-state index contributed by atoms with van der Waals surface area (Å²) in [6, 6.07) is 25.8. The molecule has 0 aliphatic carbocycles. The van der Waals surface area contributed by atoms with Gasteiger partial charge in [-0.3, -0.25) is 9.59 Å². The maximum Gasteiger partial charge on any atom is 0.257 e. The van der Waals surface area contributed by atoms with E-state index in [4.69, 9.17) is 4.74 Å². The molecular formula is C31H33N3O3. The Labute approximate surface area is 217 Å². The van der Waals surface area contributed by atoms with Crippen LogP contribution in [0, 0.1) is 5.92 Å². The lowest BCUT2D eigenvalue weighted by molar-refractivity contribution is -0.123. The molecule has 0 bridgehead atoms. The number of nitrogens with one attached hydrogen (secondary N) is 1. The smallest absolute Gasteiger partial charge is 0.257 e. The number of carbonyl (C=O) groups is 2. The molecule has 1 aromatic heterocycles. The van der Waals surface area contributed by atoms with Crippen molar-refractivity contribution in [1.82, 2.24) is 14.8 Å². The Morgan fingerprint density at radius 1 is 0.946 bits per heavy atom. The highest BCUT2D eigenvalue weighted by Crippen LogP contribution is 2.28. The zero-order valence-corrected chi connectivity index (χ0v) is 21.4. The van der Waals surface area contributed by atoms with Crippen LogP contribution in [0.3, 0.4) is 0 Å². The lowest BCUT2D eigenvalue weighted by Gasteiger charge is -2.24.